The van der Waals surface area contributed by atoms with Gasteiger partial charge in [0.15, 0.2) is 5.65 Å². The van der Waals surface area contributed by atoms with Crippen LogP contribution in [0, 0.1) is 0 Å². The third-order valence-corrected chi connectivity index (χ3v) is 2.86. The van der Waals surface area contributed by atoms with Gasteiger partial charge in [-0.1, -0.05) is 0 Å². The molecule has 0 bridgehead atoms. The fourth-order valence-corrected chi connectivity index (χ4v) is 1.69. The van der Waals surface area contributed by atoms with E-state index in [4.69, 9.17) is 5.11 Å². The molecule has 1 unspecified atom stereocenters. The molecule has 1 atom stereocenters. The Morgan fingerprint density at radius 2 is 2.06 bits per heavy atom. The molecule has 0 aromatic carbocycles. The van der Waals surface area contributed by atoms with Gasteiger partial charge in [-0.3, -0.25) is 4.79 Å². The molecule has 0 fully saturated rings. The number of nitrogens with zero attached hydrogens (tertiary/aromatic N) is 3. The summed E-state index contributed by atoms with van der Waals surface area (Å²) in [6.45, 7) is 5.75. The largest absolute Gasteiger partial charge is 0.481 e. The molecule has 0 spiro atoms. The minimum Gasteiger partial charge on any atom is -0.481 e. The molecule has 0 aliphatic heterocycles. The molecule has 0 amide bonds. The Morgan fingerprint density at radius 1 is 1.35 bits per heavy atom. The molecule has 0 saturated heterocycles. The topological polar surface area (TPSA) is 68.0 Å². The lowest BCUT2D eigenvalue weighted by molar-refractivity contribution is -0.138. The second-order valence-corrected chi connectivity index (χ2v) is 4.42. The molecule has 90 valence electrons. The van der Waals surface area contributed by atoms with Gasteiger partial charge in [0.2, 0.25) is 0 Å². The van der Waals surface area contributed by atoms with E-state index in [0.717, 1.165) is 11.2 Å². The van der Waals surface area contributed by atoms with Gasteiger partial charge < -0.3 is 9.67 Å². The number of fused-ring (bicyclic) bond motifs is 1. The number of aliphatic carboxylic acids is 1. The first kappa shape index (κ1) is 11.6. The predicted octanol–water partition coefficient (Wildman–Crippen LogP) is 2.20. The van der Waals surface area contributed by atoms with Crippen LogP contribution in [0.3, 0.4) is 0 Å². The summed E-state index contributed by atoms with van der Waals surface area (Å²) in [6, 6.07) is 2.08. The van der Waals surface area contributed by atoms with Gasteiger partial charge in [-0.15, -0.1) is 0 Å². The van der Waals surface area contributed by atoms with Crippen molar-refractivity contribution in [3.05, 3.63) is 24.2 Å². The molecule has 2 aromatic heterocycles. The van der Waals surface area contributed by atoms with Crippen LogP contribution in [0.2, 0.25) is 0 Å². The minimum absolute atomic E-state index is 0.287. The minimum atomic E-state index is -0.852. The number of pyridine rings is 1. The van der Waals surface area contributed by atoms with Crippen LogP contribution in [-0.4, -0.2) is 25.6 Å². The van der Waals surface area contributed by atoms with E-state index in [1.165, 1.54) is 0 Å². The van der Waals surface area contributed by atoms with E-state index in [9.17, 15) is 4.79 Å². The number of carboxylic acids is 1. The van der Waals surface area contributed by atoms with Crippen LogP contribution < -0.4 is 0 Å². The monoisotopic (exact) mass is 233 g/mol. The van der Waals surface area contributed by atoms with E-state index in [1.807, 2.05) is 4.57 Å². The van der Waals surface area contributed by atoms with E-state index in [-0.39, 0.29) is 6.04 Å². The lowest BCUT2D eigenvalue weighted by Crippen LogP contribution is -2.08. The Kier molecular flexibility index (Phi) is 2.83. The molecule has 1 N–H and O–H groups in total. The molecule has 0 radical (unpaired) electrons. The van der Waals surface area contributed by atoms with E-state index >= 15 is 0 Å². The first-order valence-corrected chi connectivity index (χ1v) is 5.56. The molecule has 0 aliphatic rings. The standard InChI is InChI=1S/C12H15N3O2/c1-7(2)15-6-14-10-4-9(5-13-11(10)15)8(3)12(16)17/h4-8H,1-3H3,(H,16,17). The zero-order chi connectivity index (χ0) is 12.6. The number of hydrogen-bond acceptors (Lipinski definition) is 3. The molecule has 0 aliphatic carbocycles. The first-order valence-electron chi connectivity index (χ1n) is 5.56. The smallest absolute Gasteiger partial charge is 0.310 e. The maximum absolute atomic E-state index is 10.9. The van der Waals surface area contributed by atoms with Gasteiger partial charge in [0.05, 0.1) is 12.2 Å². The first-order chi connectivity index (χ1) is 8.00. The fourth-order valence-electron chi connectivity index (χ4n) is 1.69. The van der Waals surface area contributed by atoms with Gasteiger partial charge in [-0.25, -0.2) is 9.97 Å². The summed E-state index contributed by atoms with van der Waals surface area (Å²) < 4.78 is 1.96. The molecule has 2 rings (SSSR count). The molecule has 17 heavy (non-hydrogen) atoms. The highest BCUT2D eigenvalue weighted by Crippen LogP contribution is 2.20. The van der Waals surface area contributed by atoms with E-state index in [0.29, 0.717) is 5.56 Å². The lowest BCUT2D eigenvalue weighted by atomic mass is 10.0. The van der Waals surface area contributed by atoms with Gasteiger partial charge >= 0.3 is 5.97 Å². The van der Waals surface area contributed by atoms with Crippen LogP contribution >= 0.6 is 0 Å². The van der Waals surface area contributed by atoms with Crippen molar-refractivity contribution in [2.75, 3.05) is 0 Å². The summed E-state index contributed by atoms with van der Waals surface area (Å²) in [5.41, 5.74) is 2.21. The third kappa shape index (κ3) is 2.00. The molecular weight excluding hydrogens is 218 g/mol. The fraction of sp³-hybridized carbons (Fsp3) is 0.417. The van der Waals surface area contributed by atoms with Crippen LogP contribution in [-0.2, 0) is 4.79 Å². The van der Waals surface area contributed by atoms with Gasteiger partial charge in [0, 0.05) is 12.2 Å². The average Bonchev–Trinajstić information content (AvgIpc) is 2.70. The molecule has 2 aromatic rings. The Labute approximate surface area is 99.1 Å². The summed E-state index contributed by atoms with van der Waals surface area (Å²) in [5, 5.41) is 8.95. The van der Waals surface area contributed by atoms with E-state index in [1.54, 1.807) is 25.5 Å². The number of rotatable bonds is 3. The zero-order valence-corrected chi connectivity index (χ0v) is 10.1. The van der Waals surface area contributed by atoms with Crippen LogP contribution in [0.1, 0.15) is 38.3 Å². The van der Waals surface area contributed by atoms with Crippen LogP contribution in [0.15, 0.2) is 18.6 Å². The average molecular weight is 233 g/mol. The summed E-state index contributed by atoms with van der Waals surface area (Å²) in [5.74, 6) is -1.41. The molecule has 5 nitrogen and oxygen atoms in total. The zero-order valence-electron chi connectivity index (χ0n) is 10.1. The highest BCUT2D eigenvalue weighted by Gasteiger charge is 2.16. The Balaban J connectivity index is 2.49. The molecule has 0 saturated carbocycles. The Morgan fingerprint density at radius 3 is 2.65 bits per heavy atom. The number of hydrogen-bond donors (Lipinski definition) is 1. The number of carboxylic acid groups (broad SMARTS) is 1. The van der Waals surface area contributed by atoms with Crippen molar-refractivity contribution in [2.24, 2.45) is 0 Å². The highest BCUT2D eigenvalue weighted by atomic mass is 16.4. The molecule has 2 heterocycles. The van der Waals surface area contributed by atoms with Crippen molar-refractivity contribution in [3.63, 3.8) is 0 Å². The molecular formula is C12H15N3O2. The van der Waals surface area contributed by atoms with Gasteiger partial charge in [-0.2, -0.15) is 0 Å². The van der Waals surface area contributed by atoms with Crippen molar-refractivity contribution in [2.45, 2.75) is 32.7 Å². The number of carbonyl (C=O) groups is 1. The van der Waals surface area contributed by atoms with Crippen molar-refractivity contribution < 1.29 is 9.90 Å². The normalized spacial score (nSPS) is 13.2. The predicted molar refractivity (Wildman–Crippen MR) is 64.0 cm³/mol. The third-order valence-electron chi connectivity index (χ3n) is 2.86. The SMILES string of the molecule is CC(C(=O)O)c1cnc2c(c1)ncn2C(C)C. The van der Waals surface area contributed by atoms with Crippen LogP contribution in [0.4, 0.5) is 0 Å². The summed E-state index contributed by atoms with van der Waals surface area (Å²) in [7, 11) is 0. The quantitative estimate of drug-likeness (QED) is 0.882. The van der Waals surface area contributed by atoms with Gasteiger partial charge in [0.25, 0.3) is 0 Å². The van der Waals surface area contributed by atoms with Gasteiger partial charge in [-0.05, 0) is 32.4 Å². The van der Waals surface area contributed by atoms with Crippen LogP contribution in [0.25, 0.3) is 11.2 Å². The maximum atomic E-state index is 10.9. The maximum Gasteiger partial charge on any atom is 0.310 e. The summed E-state index contributed by atoms with van der Waals surface area (Å²) >= 11 is 0. The van der Waals surface area contributed by atoms with E-state index < -0.39 is 11.9 Å². The van der Waals surface area contributed by atoms with Crippen LogP contribution in [0.5, 0.6) is 0 Å². The van der Waals surface area contributed by atoms with Crippen molar-refractivity contribution in [1.82, 2.24) is 14.5 Å². The van der Waals surface area contributed by atoms with Gasteiger partial charge in [0.1, 0.15) is 5.52 Å². The second kappa shape index (κ2) is 4.16. The Bertz CT molecular complexity index is 560. The van der Waals surface area contributed by atoms with Crippen molar-refractivity contribution >= 4 is 17.1 Å². The molecule has 5 heteroatoms. The number of aromatic nitrogens is 3. The van der Waals surface area contributed by atoms with Crippen molar-refractivity contribution in [3.8, 4) is 0 Å². The van der Waals surface area contributed by atoms with Crippen molar-refractivity contribution in [1.29, 1.82) is 0 Å². The van der Waals surface area contributed by atoms with E-state index in [2.05, 4.69) is 23.8 Å². The summed E-state index contributed by atoms with van der Waals surface area (Å²) in [6.07, 6.45) is 3.35. The lowest BCUT2D eigenvalue weighted by Gasteiger charge is -2.08. The summed E-state index contributed by atoms with van der Waals surface area (Å²) in [4.78, 5) is 19.4. The second-order valence-electron chi connectivity index (χ2n) is 4.42. The highest BCUT2D eigenvalue weighted by molar-refractivity contribution is 5.78. The Hall–Kier alpha value is -1.91. The number of imidazole rings is 1.